The maximum atomic E-state index is 12.6. The number of amides is 1. The van der Waals surface area contributed by atoms with Crippen LogP contribution in [-0.2, 0) is 11.8 Å². The van der Waals surface area contributed by atoms with Crippen LogP contribution < -0.4 is 5.32 Å². The molecule has 0 saturated carbocycles. The standard InChI is InChI=1S/C20H28N4O.C2HF3O2/c1-14(2)24-16-10-7-6-9-15(16)19-17(24)13-18(23(19)5)20(25)21-11-8-12-22(3)4;3-2(4,5)1(6)7/h6-7,9-10,13-14H,8,11-12H2,1-5H3,(H,21,25);(H,6,7). The second-order valence-corrected chi connectivity index (χ2v) is 8.02. The molecule has 2 aromatic heterocycles. The van der Waals surface area contributed by atoms with E-state index in [1.165, 1.54) is 10.9 Å². The molecule has 0 aliphatic rings. The van der Waals surface area contributed by atoms with Crippen LogP contribution in [0.2, 0.25) is 0 Å². The van der Waals surface area contributed by atoms with Crippen molar-refractivity contribution in [1.82, 2.24) is 19.4 Å². The van der Waals surface area contributed by atoms with E-state index in [0.717, 1.165) is 29.7 Å². The van der Waals surface area contributed by atoms with E-state index in [2.05, 4.69) is 52.9 Å². The summed E-state index contributed by atoms with van der Waals surface area (Å²) >= 11 is 0. The quantitative estimate of drug-likeness (QED) is 0.552. The second-order valence-electron chi connectivity index (χ2n) is 8.02. The first kappa shape index (κ1) is 25.3. The molecule has 1 amide bonds. The smallest absolute Gasteiger partial charge is 0.475 e. The molecule has 7 nitrogen and oxygen atoms in total. The van der Waals surface area contributed by atoms with Crippen LogP contribution in [0.15, 0.2) is 30.3 Å². The topological polar surface area (TPSA) is 79.5 Å². The van der Waals surface area contributed by atoms with Gasteiger partial charge in [0.2, 0.25) is 0 Å². The number of carboxylic acids is 1. The molecule has 0 radical (unpaired) electrons. The van der Waals surface area contributed by atoms with Crippen molar-refractivity contribution in [2.24, 2.45) is 7.05 Å². The van der Waals surface area contributed by atoms with E-state index in [-0.39, 0.29) is 5.91 Å². The van der Waals surface area contributed by atoms with Crippen LogP contribution in [-0.4, -0.2) is 64.4 Å². The number of rotatable bonds is 6. The third-order valence-corrected chi connectivity index (χ3v) is 4.95. The van der Waals surface area contributed by atoms with Gasteiger partial charge in [-0.05, 0) is 53.0 Å². The van der Waals surface area contributed by atoms with Crippen LogP contribution in [0.25, 0.3) is 21.9 Å². The van der Waals surface area contributed by atoms with Crippen molar-refractivity contribution in [1.29, 1.82) is 0 Å². The molecular formula is C22H29F3N4O3. The number of nitrogens with zero attached hydrogens (tertiary/aromatic N) is 3. The fraction of sp³-hybridized carbons (Fsp3) is 0.455. The number of hydrogen-bond acceptors (Lipinski definition) is 3. The van der Waals surface area contributed by atoms with E-state index in [9.17, 15) is 18.0 Å². The first-order chi connectivity index (χ1) is 14.9. The minimum Gasteiger partial charge on any atom is -0.475 e. The highest BCUT2D eigenvalue weighted by molar-refractivity contribution is 6.10. The summed E-state index contributed by atoms with van der Waals surface area (Å²) in [6.45, 7) is 6.02. The van der Waals surface area contributed by atoms with Gasteiger partial charge in [-0.2, -0.15) is 13.2 Å². The van der Waals surface area contributed by atoms with Crippen LogP contribution >= 0.6 is 0 Å². The van der Waals surface area contributed by atoms with Gasteiger partial charge in [0.05, 0.1) is 16.6 Å². The summed E-state index contributed by atoms with van der Waals surface area (Å²) in [6, 6.07) is 10.8. The Labute approximate surface area is 184 Å². The van der Waals surface area contributed by atoms with E-state index >= 15 is 0 Å². The molecule has 0 unspecified atom stereocenters. The number of hydrogen-bond donors (Lipinski definition) is 2. The zero-order valence-electron chi connectivity index (χ0n) is 18.8. The average Bonchev–Trinajstić information content (AvgIpc) is 3.19. The molecule has 176 valence electrons. The highest BCUT2D eigenvalue weighted by Crippen LogP contribution is 2.33. The number of nitrogens with one attached hydrogen (secondary N) is 1. The van der Waals surface area contributed by atoms with Gasteiger partial charge >= 0.3 is 12.1 Å². The van der Waals surface area contributed by atoms with Gasteiger partial charge in [-0.25, -0.2) is 4.79 Å². The van der Waals surface area contributed by atoms with Gasteiger partial charge in [-0.15, -0.1) is 0 Å². The molecule has 0 spiro atoms. The predicted octanol–water partition coefficient (Wildman–Crippen LogP) is 4.03. The zero-order valence-corrected chi connectivity index (χ0v) is 18.8. The minimum atomic E-state index is -5.08. The highest BCUT2D eigenvalue weighted by atomic mass is 19.4. The molecule has 10 heteroatoms. The van der Waals surface area contributed by atoms with Gasteiger partial charge in [0.15, 0.2) is 0 Å². The maximum absolute atomic E-state index is 12.6. The molecule has 3 rings (SSSR count). The zero-order chi connectivity index (χ0) is 24.2. The Morgan fingerprint density at radius 2 is 1.75 bits per heavy atom. The summed E-state index contributed by atoms with van der Waals surface area (Å²) in [5.74, 6) is -2.76. The summed E-state index contributed by atoms with van der Waals surface area (Å²) in [7, 11) is 6.07. The normalized spacial score (nSPS) is 11.8. The van der Waals surface area contributed by atoms with Crippen molar-refractivity contribution in [2.45, 2.75) is 32.5 Å². The lowest BCUT2D eigenvalue weighted by Gasteiger charge is -2.11. The maximum Gasteiger partial charge on any atom is 0.490 e. The van der Waals surface area contributed by atoms with E-state index < -0.39 is 12.1 Å². The molecule has 0 saturated heterocycles. The number of alkyl halides is 3. The number of fused-ring (bicyclic) bond motifs is 3. The molecule has 3 aromatic rings. The number of para-hydroxylation sites is 1. The lowest BCUT2D eigenvalue weighted by atomic mass is 10.2. The molecule has 0 fully saturated rings. The molecule has 2 N–H and O–H groups in total. The lowest BCUT2D eigenvalue weighted by Crippen LogP contribution is -2.28. The third kappa shape index (κ3) is 5.61. The Kier molecular flexibility index (Phi) is 7.95. The Bertz CT molecular complexity index is 1100. The SMILES string of the molecule is CC(C)n1c2ccccc2c2c1cc(C(=O)NCCCN(C)C)n2C.O=C(O)C(F)(F)F. The lowest BCUT2D eigenvalue weighted by molar-refractivity contribution is -0.192. The number of aromatic nitrogens is 2. The van der Waals surface area contributed by atoms with E-state index in [1.807, 2.05) is 31.8 Å². The molecule has 1 aromatic carbocycles. The second kappa shape index (κ2) is 10.1. The largest absolute Gasteiger partial charge is 0.490 e. The van der Waals surface area contributed by atoms with Gasteiger partial charge in [0.1, 0.15) is 5.69 Å². The van der Waals surface area contributed by atoms with E-state index in [1.54, 1.807) is 0 Å². The molecule has 0 atom stereocenters. The van der Waals surface area contributed by atoms with Crippen molar-refractivity contribution in [3.8, 4) is 0 Å². The molecule has 32 heavy (non-hydrogen) atoms. The van der Waals surface area contributed by atoms with Crippen molar-refractivity contribution in [2.75, 3.05) is 27.2 Å². The van der Waals surface area contributed by atoms with Gasteiger partial charge in [-0.1, -0.05) is 18.2 Å². The number of aryl methyl sites for hydroxylation is 1. The highest BCUT2D eigenvalue weighted by Gasteiger charge is 2.38. The Balaban J connectivity index is 0.000000451. The monoisotopic (exact) mass is 454 g/mol. The van der Waals surface area contributed by atoms with Crippen LogP contribution in [0.4, 0.5) is 13.2 Å². The van der Waals surface area contributed by atoms with Crippen LogP contribution in [0.1, 0.15) is 36.8 Å². The summed E-state index contributed by atoms with van der Waals surface area (Å²) in [4.78, 5) is 23.7. The first-order valence-corrected chi connectivity index (χ1v) is 10.2. The van der Waals surface area contributed by atoms with Crippen molar-refractivity contribution < 1.29 is 27.9 Å². The fourth-order valence-corrected chi connectivity index (χ4v) is 3.56. The Morgan fingerprint density at radius 3 is 2.28 bits per heavy atom. The average molecular weight is 454 g/mol. The molecule has 0 bridgehead atoms. The van der Waals surface area contributed by atoms with Crippen LogP contribution in [0.3, 0.4) is 0 Å². The summed E-state index contributed by atoms with van der Waals surface area (Å²) in [5, 5.41) is 11.4. The predicted molar refractivity (Wildman–Crippen MR) is 118 cm³/mol. The number of carbonyl (C=O) groups is 2. The number of aliphatic carboxylic acids is 1. The van der Waals surface area contributed by atoms with E-state index in [0.29, 0.717) is 12.6 Å². The molecular weight excluding hydrogens is 425 g/mol. The van der Waals surface area contributed by atoms with Crippen molar-refractivity contribution >= 4 is 33.8 Å². The van der Waals surface area contributed by atoms with Gasteiger partial charge in [0.25, 0.3) is 5.91 Å². The molecule has 2 heterocycles. The number of benzene rings is 1. The summed E-state index contributed by atoms with van der Waals surface area (Å²) in [6.07, 6.45) is -4.14. The van der Waals surface area contributed by atoms with Crippen molar-refractivity contribution in [3.63, 3.8) is 0 Å². The summed E-state index contributed by atoms with van der Waals surface area (Å²) < 4.78 is 36.1. The van der Waals surface area contributed by atoms with Crippen molar-refractivity contribution in [3.05, 3.63) is 36.0 Å². The fourth-order valence-electron chi connectivity index (χ4n) is 3.56. The van der Waals surface area contributed by atoms with E-state index in [4.69, 9.17) is 9.90 Å². The minimum absolute atomic E-state index is 0.00292. The summed E-state index contributed by atoms with van der Waals surface area (Å²) in [5.41, 5.74) is 4.19. The van der Waals surface area contributed by atoms with Gasteiger partial charge in [0, 0.05) is 25.0 Å². The van der Waals surface area contributed by atoms with Gasteiger partial charge in [-0.3, -0.25) is 4.79 Å². The Hall–Kier alpha value is -3.01. The number of carboxylic acid groups (broad SMARTS) is 1. The molecule has 0 aliphatic heterocycles. The molecule has 0 aliphatic carbocycles. The van der Waals surface area contributed by atoms with Crippen LogP contribution in [0, 0.1) is 0 Å². The van der Waals surface area contributed by atoms with Crippen LogP contribution in [0.5, 0.6) is 0 Å². The number of halogens is 3. The number of carbonyl (C=O) groups excluding carboxylic acids is 1. The third-order valence-electron chi connectivity index (χ3n) is 4.95. The Morgan fingerprint density at radius 1 is 1.16 bits per heavy atom. The van der Waals surface area contributed by atoms with Gasteiger partial charge < -0.3 is 24.5 Å². The first-order valence-electron chi connectivity index (χ1n) is 10.2.